The second-order valence-corrected chi connectivity index (χ2v) is 5.70. The number of hydrogen-bond acceptors (Lipinski definition) is 3. The number of aromatic nitrogens is 1. The summed E-state index contributed by atoms with van der Waals surface area (Å²) in [4.78, 5) is 4.62. The minimum Gasteiger partial charge on any atom is -0.489 e. The van der Waals surface area contributed by atoms with Crippen molar-refractivity contribution in [3.63, 3.8) is 0 Å². The molecule has 110 valence electrons. The van der Waals surface area contributed by atoms with Gasteiger partial charge in [-0.1, -0.05) is 47.0 Å². The summed E-state index contributed by atoms with van der Waals surface area (Å²) in [6, 6.07) is 6.87. The molecule has 0 radical (unpaired) electrons. The highest BCUT2D eigenvalue weighted by Gasteiger charge is 2.09. The molecule has 0 spiro atoms. The van der Waals surface area contributed by atoms with E-state index in [0.29, 0.717) is 39.0 Å². The van der Waals surface area contributed by atoms with Gasteiger partial charge >= 0.3 is 0 Å². The molecule has 3 nitrogen and oxygen atoms in total. The highest BCUT2D eigenvalue weighted by molar-refractivity contribution is 7.80. The fraction of sp³-hybridized carbons (Fsp3) is 0.143. The molecule has 0 bridgehead atoms. The van der Waals surface area contributed by atoms with Crippen LogP contribution in [-0.2, 0) is 0 Å². The Hall–Kier alpha value is -1.07. The largest absolute Gasteiger partial charge is 0.489 e. The smallest absolute Gasteiger partial charge is 0.156 e. The molecule has 0 unspecified atom stereocenters. The van der Waals surface area contributed by atoms with Crippen molar-refractivity contribution in [1.82, 2.24) is 10.3 Å². The number of halogens is 3. The van der Waals surface area contributed by atoms with Crippen LogP contribution in [0.1, 0.15) is 5.56 Å². The maximum absolute atomic E-state index is 6.02. The van der Waals surface area contributed by atoms with Crippen LogP contribution in [0.15, 0.2) is 36.7 Å². The predicted octanol–water partition coefficient (Wildman–Crippen LogP) is 4.39. The van der Waals surface area contributed by atoms with Crippen LogP contribution < -0.4 is 10.1 Å². The number of hydrogen-bond donors (Lipinski definition) is 1. The van der Waals surface area contributed by atoms with Gasteiger partial charge in [0.25, 0.3) is 0 Å². The zero-order valence-electron chi connectivity index (χ0n) is 10.8. The molecule has 0 aliphatic carbocycles. The summed E-state index contributed by atoms with van der Waals surface area (Å²) in [5, 5.41) is 4.29. The molecule has 2 rings (SSSR count). The third-order valence-corrected chi connectivity index (χ3v) is 3.68. The van der Waals surface area contributed by atoms with Gasteiger partial charge in [-0.25, -0.2) is 0 Å². The first-order valence-corrected chi connectivity index (χ1v) is 7.57. The fourth-order valence-corrected chi connectivity index (χ4v) is 2.73. The summed E-state index contributed by atoms with van der Waals surface area (Å²) >= 11 is 23.1. The van der Waals surface area contributed by atoms with Gasteiger partial charge in [-0.05, 0) is 24.3 Å². The van der Waals surface area contributed by atoms with E-state index in [1.54, 1.807) is 24.5 Å². The van der Waals surface area contributed by atoms with Crippen molar-refractivity contribution in [2.45, 2.75) is 0 Å². The zero-order valence-corrected chi connectivity index (χ0v) is 13.9. The van der Waals surface area contributed by atoms with Gasteiger partial charge in [0.05, 0.1) is 10.0 Å². The van der Waals surface area contributed by atoms with E-state index < -0.39 is 0 Å². The number of rotatable bonds is 5. The molecule has 1 aromatic carbocycles. The average molecular weight is 362 g/mol. The van der Waals surface area contributed by atoms with Gasteiger partial charge < -0.3 is 10.1 Å². The maximum atomic E-state index is 6.02. The molecular formula is C14H11Cl3N2OS. The van der Waals surface area contributed by atoms with Crippen LogP contribution in [0.2, 0.25) is 15.1 Å². The van der Waals surface area contributed by atoms with Gasteiger partial charge in [-0.3, -0.25) is 4.98 Å². The standard InChI is InChI=1S/C14H11Cl3N2OS/c15-10-6-11(16)13(12(17)7-10)20-5-4-19-14(21)9-2-1-3-18-8-9/h1-3,6-8H,4-5H2,(H,19,21). The van der Waals surface area contributed by atoms with Gasteiger partial charge in [-0.2, -0.15) is 0 Å². The van der Waals surface area contributed by atoms with Crippen molar-refractivity contribution >= 4 is 52.0 Å². The predicted molar refractivity (Wildman–Crippen MR) is 90.9 cm³/mol. The maximum Gasteiger partial charge on any atom is 0.156 e. The van der Waals surface area contributed by atoms with Crippen LogP contribution >= 0.6 is 47.0 Å². The zero-order chi connectivity index (χ0) is 15.2. The average Bonchev–Trinajstić information content (AvgIpc) is 2.46. The Morgan fingerprint density at radius 2 is 1.95 bits per heavy atom. The Labute approximate surface area is 143 Å². The van der Waals surface area contributed by atoms with Crippen LogP contribution in [-0.4, -0.2) is 23.1 Å². The molecule has 1 N–H and O–H groups in total. The van der Waals surface area contributed by atoms with Crippen molar-refractivity contribution in [3.05, 3.63) is 57.3 Å². The quantitative estimate of drug-likeness (QED) is 0.633. The Morgan fingerprint density at radius 1 is 1.24 bits per heavy atom. The SMILES string of the molecule is S=C(NCCOc1c(Cl)cc(Cl)cc1Cl)c1cccnc1. The molecule has 0 aliphatic heterocycles. The Morgan fingerprint density at radius 3 is 2.57 bits per heavy atom. The van der Waals surface area contributed by atoms with Gasteiger partial charge in [0.15, 0.2) is 5.75 Å². The van der Waals surface area contributed by atoms with Gasteiger partial charge in [0.2, 0.25) is 0 Å². The lowest BCUT2D eigenvalue weighted by molar-refractivity contribution is 0.323. The van der Waals surface area contributed by atoms with E-state index in [1.165, 1.54) is 0 Å². The summed E-state index contributed by atoms with van der Waals surface area (Å²) in [5.41, 5.74) is 0.857. The number of thiocarbonyl (C=S) groups is 1. The molecule has 21 heavy (non-hydrogen) atoms. The second kappa shape index (κ2) is 7.80. The summed E-state index contributed by atoms with van der Waals surface area (Å²) in [5.74, 6) is 0.414. The Bertz CT molecular complexity index is 614. The lowest BCUT2D eigenvalue weighted by Gasteiger charge is -2.12. The van der Waals surface area contributed by atoms with Crippen LogP contribution in [0.5, 0.6) is 5.75 Å². The Kier molecular flexibility index (Phi) is 6.06. The van der Waals surface area contributed by atoms with Gasteiger partial charge in [0.1, 0.15) is 11.6 Å². The Balaban J connectivity index is 1.84. The molecule has 7 heteroatoms. The lowest BCUT2D eigenvalue weighted by Crippen LogP contribution is -2.27. The first kappa shape index (κ1) is 16.3. The summed E-state index contributed by atoms with van der Waals surface area (Å²) in [6.45, 7) is 0.879. The summed E-state index contributed by atoms with van der Waals surface area (Å²) in [6.07, 6.45) is 3.39. The molecule has 0 aliphatic rings. The molecule has 0 fully saturated rings. The highest BCUT2D eigenvalue weighted by atomic mass is 35.5. The molecule has 1 heterocycles. The molecule has 2 aromatic rings. The minimum absolute atomic E-state index is 0.363. The van der Waals surface area contributed by atoms with E-state index in [1.807, 2.05) is 12.1 Å². The van der Waals surface area contributed by atoms with Crippen molar-refractivity contribution in [1.29, 1.82) is 0 Å². The number of pyridine rings is 1. The van der Waals surface area contributed by atoms with Crippen molar-refractivity contribution < 1.29 is 4.74 Å². The highest BCUT2D eigenvalue weighted by Crippen LogP contribution is 2.35. The van der Waals surface area contributed by atoms with E-state index in [-0.39, 0.29) is 0 Å². The molecule has 0 saturated carbocycles. The third kappa shape index (κ3) is 4.71. The summed E-state index contributed by atoms with van der Waals surface area (Å²) in [7, 11) is 0. The monoisotopic (exact) mass is 360 g/mol. The lowest BCUT2D eigenvalue weighted by atomic mass is 10.3. The van der Waals surface area contributed by atoms with Crippen molar-refractivity contribution in [2.75, 3.05) is 13.2 Å². The van der Waals surface area contributed by atoms with Crippen LogP contribution in [0.4, 0.5) is 0 Å². The van der Waals surface area contributed by atoms with Gasteiger partial charge in [-0.15, -0.1) is 0 Å². The van der Waals surface area contributed by atoms with E-state index in [0.717, 1.165) is 5.56 Å². The van der Waals surface area contributed by atoms with Crippen molar-refractivity contribution in [3.8, 4) is 5.75 Å². The van der Waals surface area contributed by atoms with Crippen LogP contribution in [0.25, 0.3) is 0 Å². The normalized spacial score (nSPS) is 10.2. The molecule has 1 aromatic heterocycles. The van der Waals surface area contributed by atoms with Crippen LogP contribution in [0.3, 0.4) is 0 Å². The summed E-state index contributed by atoms with van der Waals surface area (Å²) < 4.78 is 5.55. The third-order valence-electron chi connectivity index (χ3n) is 2.52. The van der Waals surface area contributed by atoms with Gasteiger partial charge in [0, 0.05) is 29.5 Å². The molecule has 0 saturated heterocycles. The molecule has 0 amide bonds. The molecular weight excluding hydrogens is 351 g/mol. The van der Waals surface area contributed by atoms with Crippen LogP contribution in [0, 0.1) is 0 Å². The first-order chi connectivity index (χ1) is 10.1. The van der Waals surface area contributed by atoms with E-state index in [9.17, 15) is 0 Å². The van der Waals surface area contributed by atoms with Crippen molar-refractivity contribution in [2.24, 2.45) is 0 Å². The number of ether oxygens (including phenoxy) is 1. The second-order valence-electron chi connectivity index (χ2n) is 4.04. The molecule has 0 atom stereocenters. The fourth-order valence-electron chi connectivity index (χ4n) is 1.58. The number of nitrogens with one attached hydrogen (secondary N) is 1. The minimum atomic E-state index is 0.363. The number of benzene rings is 1. The topological polar surface area (TPSA) is 34.1 Å². The van der Waals surface area contributed by atoms with E-state index in [4.69, 9.17) is 51.8 Å². The first-order valence-electron chi connectivity index (χ1n) is 6.03. The van der Waals surface area contributed by atoms with E-state index in [2.05, 4.69) is 10.3 Å². The van der Waals surface area contributed by atoms with E-state index >= 15 is 0 Å². The number of nitrogens with zero attached hydrogens (tertiary/aromatic N) is 1.